The highest BCUT2D eigenvalue weighted by atomic mass is 16.6. The number of allylic oxidation sites excluding steroid dienone is 1. The van der Waals surface area contributed by atoms with Crippen molar-refractivity contribution in [3.05, 3.63) is 65.7 Å². The predicted molar refractivity (Wildman–Crippen MR) is 107 cm³/mol. The standard InChI is InChI=1S/C22H25NO5/c1-5-9-16-12-13-18(19(14-16)26-4)27-15-20(24)28-21(22(25)23(2)3)17-10-7-6-8-11-17/h5-14,21H,15H2,1-4H3/b9-5+/t21-/m0/s1. The van der Waals surface area contributed by atoms with E-state index in [0.29, 0.717) is 17.1 Å². The minimum absolute atomic E-state index is 0.326. The number of hydrogen-bond donors (Lipinski definition) is 0. The fraction of sp³-hybridized carbons (Fsp3) is 0.273. The van der Waals surface area contributed by atoms with Crippen molar-refractivity contribution in [2.45, 2.75) is 13.0 Å². The van der Waals surface area contributed by atoms with Crippen LogP contribution in [0.4, 0.5) is 0 Å². The minimum atomic E-state index is -1.02. The Kier molecular flexibility index (Phi) is 7.63. The average molecular weight is 383 g/mol. The maximum atomic E-state index is 12.4. The van der Waals surface area contributed by atoms with Gasteiger partial charge in [0.2, 0.25) is 6.10 Å². The molecule has 0 fully saturated rings. The van der Waals surface area contributed by atoms with Gasteiger partial charge < -0.3 is 19.1 Å². The van der Waals surface area contributed by atoms with Crippen molar-refractivity contribution in [2.75, 3.05) is 27.8 Å². The number of carbonyl (C=O) groups is 2. The summed E-state index contributed by atoms with van der Waals surface area (Å²) in [6.45, 7) is 1.58. The molecule has 2 rings (SSSR count). The van der Waals surface area contributed by atoms with Gasteiger partial charge in [-0.2, -0.15) is 0 Å². The second-order valence-electron chi connectivity index (χ2n) is 6.21. The number of amides is 1. The second-order valence-corrected chi connectivity index (χ2v) is 6.21. The van der Waals surface area contributed by atoms with Gasteiger partial charge in [0.1, 0.15) is 0 Å². The molecule has 0 bridgehead atoms. The van der Waals surface area contributed by atoms with Gasteiger partial charge in [0.25, 0.3) is 5.91 Å². The lowest BCUT2D eigenvalue weighted by atomic mass is 10.1. The van der Waals surface area contributed by atoms with E-state index in [1.807, 2.05) is 37.3 Å². The molecule has 0 spiro atoms. The molecule has 0 heterocycles. The molecule has 0 saturated carbocycles. The van der Waals surface area contributed by atoms with E-state index in [0.717, 1.165) is 5.56 Å². The van der Waals surface area contributed by atoms with E-state index in [2.05, 4.69) is 0 Å². The number of esters is 1. The zero-order valence-corrected chi connectivity index (χ0v) is 16.5. The van der Waals surface area contributed by atoms with E-state index < -0.39 is 12.1 Å². The molecule has 2 aromatic carbocycles. The van der Waals surface area contributed by atoms with Gasteiger partial charge in [-0.1, -0.05) is 48.6 Å². The molecule has 0 aliphatic rings. The summed E-state index contributed by atoms with van der Waals surface area (Å²) in [4.78, 5) is 26.1. The van der Waals surface area contributed by atoms with Gasteiger partial charge in [-0.25, -0.2) is 4.79 Å². The maximum absolute atomic E-state index is 12.4. The van der Waals surface area contributed by atoms with E-state index >= 15 is 0 Å². The number of methoxy groups -OCH3 is 1. The van der Waals surface area contributed by atoms with Crippen LogP contribution in [0.1, 0.15) is 24.2 Å². The molecule has 28 heavy (non-hydrogen) atoms. The fourth-order valence-corrected chi connectivity index (χ4v) is 2.53. The van der Waals surface area contributed by atoms with E-state index in [1.54, 1.807) is 44.4 Å². The predicted octanol–water partition coefficient (Wildman–Crippen LogP) is 3.48. The van der Waals surface area contributed by atoms with Gasteiger partial charge >= 0.3 is 5.97 Å². The van der Waals surface area contributed by atoms with Crippen LogP contribution < -0.4 is 9.47 Å². The van der Waals surface area contributed by atoms with Crippen molar-refractivity contribution in [1.82, 2.24) is 4.90 Å². The minimum Gasteiger partial charge on any atom is -0.493 e. The van der Waals surface area contributed by atoms with Gasteiger partial charge in [-0.15, -0.1) is 0 Å². The molecule has 148 valence electrons. The van der Waals surface area contributed by atoms with Crippen LogP contribution >= 0.6 is 0 Å². The normalized spacial score (nSPS) is 11.7. The van der Waals surface area contributed by atoms with Crippen LogP contribution in [-0.4, -0.2) is 44.6 Å². The number of rotatable bonds is 8. The van der Waals surface area contributed by atoms with Crippen molar-refractivity contribution in [2.24, 2.45) is 0 Å². The van der Waals surface area contributed by atoms with Crippen LogP contribution in [0.15, 0.2) is 54.6 Å². The molecular formula is C22H25NO5. The summed E-state index contributed by atoms with van der Waals surface area (Å²) in [5, 5.41) is 0. The highest BCUT2D eigenvalue weighted by molar-refractivity contribution is 5.85. The molecule has 0 aromatic heterocycles. The van der Waals surface area contributed by atoms with Crippen LogP contribution in [0, 0.1) is 0 Å². The quantitative estimate of drug-likeness (QED) is 0.653. The molecule has 2 aromatic rings. The molecule has 0 N–H and O–H groups in total. The Labute approximate surface area is 165 Å². The van der Waals surface area contributed by atoms with Crippen molar-refractivity contribution in [1.29, 1.82) is 0 Å². The summed E-state index contributed by atoms with van der Waals surface area (Å²) >= 11 is 0. The first kappa shape index (κ1) is 21.0. The lowest BCUT2D eigenvalue weighted by molar-refractivity contribution is -0.161. The molecule has 6 nitrogen and oxygen atoms in total. The van der Waals surface area contributed by atoms with Crippen LogP contribution in [-0.2, 0) is 14.3 Å². The van der Waals surface area contributed by atoms with Crippen LogP contribution in [0.2, 0.25) is 0 Å². The lowest BCUT2D eigenvalue weighted by Crippen LogP contribution is -2.32. The number of likely N-dealkylation sites (N-methyl/N-ethyl adjacent to an activating group) is 1. The van der Waals surface area contributed by atoms with Crippen molar-refractivity contribution in [3.8, 4) is 11.5 Å². The lowest BCUT2D eigenvalue weighted by Gasteiger charge is -2.21. The number of benzene rings is 2. The average Bonchev–Trinajstić information content (AvgIpc) is 2.71. The van der Waals surface area contributed by atoms with Gasteiger partial charge in [0, 0.05) is 19.7 Å². The first-order valence-corrected chi connectivity index (χ1v) is 8.85. The topological polar surface area (TPSA) is 65.1 Å². The molecule has 0 saturated heterocycles. The third-order valence-electron chi connectivity index (χ3n) is 3.91. The van der Waals surface area contributed by atoms with E-state index in [9.17, 15) is 9.59 Å². The Morgan fingerprint density at radius 1 is 1.07 bits per heavy atom. The molecule has 0 radical (unpaired) electrons. The molecule has 0 unspecified atom stereocenters. The third kappa shape index (κ3) is 5.61. The summed E-state index contributed by atoms with van der Waals surface area (Å²) in [5.74, 6) is -0.0493. The van der Waals surface area contributed by atoms with Crippen LogP contribution in [0.3, 0.4) is 0 Å². The van der Waals surface area contributed by atoms with Gasteiger partial charge in [0.15, 0.2) is 18.1 Å². The second kappa shape index (κ2) is 10.2. The Morgan fingerprint density at radius 3 is 2.39 bits per heavy atom. The van der Waals surface area contributed by atoms with E-state index in [-0.39, 0.29) is 12.5 Å². The molecule has 0 aliphatic heterocycles. The van der Waals surface area contributed by atoms with E-state index in [4.69, 9.17) is 14.2 Å². The van der Waals surface area contributed by atoms with Crippen molar-refractivity contribution < 1.29 is 23.8 Å². The Balaban J connectivity index is 2.08. The summed E-state index contributed by atoms with van der Waals surface area (Å²) in [7, 11) is 4.75. The van der Waals surface area contributed by atoms with Crippen LogP contribution in [0.5, 0.6) is 11.5 Å². The van der Waals surface area contributed by atoms with Gasteiger partial charge in [-0.3, -0.25) is 4.79 Å². The largest absolute Gasteiger partial charge is 0.493 e. The zero-order valence-electron chi connectivity index (χ0n) is 16.5. The van der Waals surface area contributed by atoms with Crippen LogP contribution in [0.25, 0.3) is 6.08 Å². The number of ether oxygens (including phenoxy) is 3. The Bertz CT molecular complexity index is 830. The Morgan fingerprint density at radius 2 is 1.79 bits per heavy atom. The smallest absolute Gasteiger partial charge is 0.345 e. The monoisotopic (exact) mass is 383 g/mol. The molecule has 6 heteroatoms. The summed E-state index contributed by atoms with van der Waals surface area (Å²) in [6, 6.07) is 14.3. The summed E-state index contributed by atoms with van der Waals surface area (Å²) < 4.78 is 16.3. The number of hydrogen-bond acceptors (Lipinski definition) is 5. The molecule has 1 atom stereocenters. The Hall–Kier alpha value is -3.28. The zero-order chi connectivity index (χ0) is 20.5. The van der Waals surface area contributed by atoms with Crippen molar-refractivity contribution in [3.63, 3.8) is 0 Å². The number of carbonyl (C=O) groups excluding carboxylic acids is 2. The highest BCUT2D eigenvalue weighted by Gasteiger charge is 2.26. The summed E-state index contributed by atoms with van der Waals surface area (Å²) in [6.07, 6.45) is 2.82. The number of nitrogens with zero attached hydrogens (tertiary/aromatic N) is 1. The van der Waals surface area contributed by atoms with Gasteiger partial charge in [0.05, 0.1) is 7.11 Å². The summed E-state index contributed by atoms with van der Waals surface area (Å²) in [5.41, 5.74) is 1.55. The third-order valence-corrected chi connectivity index (χ3v) is 3.91. The van der Waals surface area contributed by atoms with E-state index in [1.165, 1.54) is 12.0 Å². The first-order valence-electron chi connectivity index (χ1n) is 8.85. The molecular weight excluding hydrogens is 358 g/mol. The maximum Gasteiger partial charge on any atom is 0.345 e. The van der Waals surface area contributed by atoms with Crippen molar-refractivity contribution >= 4 is 18.0 Å². The highest BCUT2D eigenvalue weighted by Crippen LogP contribution is 2.29. The SMILES string of the molecule is C/C=C/c1ccc(OCC(=O)O[C@H](C(=O)N(C)C)c2ccccc2)c(OC)c1. The van der Waals surface area contributed by atoms with Gasteiger partial charge in [-0.05, 0) is 24.6 Å². The molecule has 1 amide bonds. The fourth-order valence-electron chi connectivity index (χ4n) is 2.53. The first-order chi connectivity index (χ1) is 13.5. The molecule has 0 aliphatic carbocycles.